The van der Waals surface area contributed by atoms with Crippen molar-refractivity contribution in [3.05, 3.63) is 24.3 Å². The van der Waals surface area contributed by atoms with Crippen LogP contribution < -0.4 is 20.5 Å². The molecule has 3 aromatic rings. The van der Waals surface area contributed by atoms with E-state index in [-0.39, 0.29) is 16.7 Å². The number of primary amides is 1. The average Bonchev–Trinajstić information content (AvgIpc) is 3.06. The first kappa shape index (κ1) is 18.5. The molecule has 0 saturated carbocycles. The molecule has 28 heavy (non-hydrogen) atoms. The second-order valence-electron chi connectivity index (χ2n) is 6.30. The van der Waals surface area contributed by atoms with Crippen molar-refractivity contribution in [2.75, 3.05) is 33.3 Å². The number of rotatable bonds is 4. The highest BCUT2D eigenvalue weighted by Gasteiger charge is 2.26. The Hall–Kier alpha value is -2.89. The Kier molecular flexibility index (Phi) is 4.57. The maximum absolute atomic E-state index is 13.0. The first-order valence-electron chi connectivity index (χ1n) is 8.59. The number of ether oxygens (including phenoxy) is 2. The van der Waals surface area contributed by atoms with Crippen LogP contribution in [0.15, 0.2) is 29.2 Å². The van der Waals surface area contributed by atoms with Crippen LogP contribution in [0.1, 0.15) is 0 Å². The number of aromatic nitrogens is 2. The van der Waals surface area contributed by atoms with Gasteiger partial charge in [0.1, 0.15) is 5.52 Å². The Morgan fingerprint density at radius 1 is 1.21 bits per heavy atom. The number of sulfonamides is 1. The van der Waals surface area contributed by atoms with E-state index < -0.39 is 16.1 Å². The predicted octanol–water partition coefficient (Wildman–Crippen LogP) is 0.776. The molecule has 2 aromatic heterocycles. The summed E-state index contributed by atoms with van der Waals surface area (Å²) in [7, 11) is -2.19. The zero-order valence-corrected chi connectivity index (χ0v) is 15.9. The topological polar surface area (TPSA) is 140 Å². The molecular formula is C17H19N5O5S. The van der Waals surface area contributed by atoms with Crippen LogP contribution in [-0.2, 0) is 10.0 Å². The van der Waals surface area contributed by atoms with Gasteiger partial charge in [0.15, 0.2) is 0 Å². The third-order valence-electron chi connectivity index (χ3n) is 4.62. The second kappa shape index (κ2) is 6.93. The van der Waals surface area contributed by atoms with E-state index in [0.29, 0.717) is 48.0 Å². The first-order chi connectivity index (χ1) is 13.4. The van der Waals surface area contributed by atoms with E-state index in [0.717, 1.165) is 0 Å². The van der Waals surface area contributed by atoms with Crippen LogP contribution in [0.5, 0.6) is 11.8 Å². The fourth-order valence-electron chi connectivity index (χ4n) is 3.29. The highest BCUT2D eigenvalue weighted by atomic mass is 32.2. The summed E-state index contributed by atoms with van der Waals surface area (Å²) in [6.45, 7) is 2.07. The number of aromatic amines is 1. The molecule has 10 nitrogen and oxygen atoms in total. The molecule has 0 radical (unpaired) electrons. The molecule has 11 heteroatoms. The third-order valence-corrected chi connectivity index (χ3v) is 6.52. The number of amides is 1. The van der Waals surface area contributed by atoms with Crippen LogP contribution in [0, 0.1) is 0 Å². The van der Waals surface area contributed by atoms with E-state index in [1.807, 2.05) is 0 Å². The first-order valence-corrected chi connectivity index (χ1v) is 10.0. The summed E-state index contributed by atoms with van der Waals surface area (Å²) in [5, 5.41) is 4.39. The summed E-state index contributed by atoms with van der Waals surface area (Å²) in [4.78, 5) is 18.6. The van der Waals surface area contributed by atoms with Crippen molar-refractivity contribution in [3.8, 4) is 11.8 Å². The minimum Gasteiger partial charge on any atom is -0.481 e. The van der Waals surface area contributed by atoms with E-state index in [9.17, 15) is 13.2 Å². The lowest BCUT2D eigenvalue weighted by atomic mass is 10.2. The molecule has 1 aliphatic rings. The zero-order chi connectivity index (χ0) is 19.9. The molecule has 0 bridgehead atoms. The highest BCUT2D eigenvalue weighted by Crippen LogP contribution is 2.34. The lowest BCUT2D eigenvalue weighted by Crippen LogP contribution is -2.46. The Morgan fingerprint density at radius 3 is 2.64 bits per heavy atom. The second-order valence-corrected chi connectivity index (χ2v) is 8.24. The van der Waals surface area contributed by atoms with Gasteiger partial charge in [-0.15, -0.1) is 0 Å². The van der Waals surface area contributed by atoms with E-state index in [1.165, 1.54) is 11.4 Å². The number of nitrogens with zero attached hydrogens (tertiary/aromatic N) is 2. The molecule has 148 valence electrons. The summed E-state index contributed by atoms with van der Waals surface area (Å²) in [6.07, 6.45) is -1.01. The number of hydrogen-bond acceptors (Lipinski definition) is 7. The van der Waals surface area contributed by atoms with Crippen molar-refractivity contribution in [3.63, 3.8) is 0 Å². The van der Waals surface area contributed by atoms with Gasteiger partial charge in [-0.1, -0.05) is 0 Å². The molecule has 4 rings (SSSR count). The van der Waals surface area contributed by atoms with Gasteiger partial charge in [-0.25, -0.2) is 13.2 Å². The molecule has 1 aliphatic heterocycles. The van der Waals surface area contributed by atoms with E-state index in [2.05, 4.69) is 15.3 Å². The number of H-pyrrole nitrogens is 1. The molecule has 0 atom stereocenters. The van der Waals surface area contributed by atoms with E-state index >= 15 is 0 Å². The zero-order valence-electron chi connectivity index (χ0n) is 15.1. The van der Waals surface area contributed by atoms with Crippen molar-refractivity contribution in [2.24, 2.45) is 5.73 Å². The largest absolute Gasteiger partial charge is 0.481 e. The van der Waals surface area contributed by atoms with Crippen LogP contribution in [0.4, 0.5) is 4.79 Å². The van der Waals surface area contributed by atoms with Gasteiger partial charge >= 0.3 is 6.09 Å². The highest BCUT2D eigenvalue weighted by molar-refractivity contribution is 7.89. The number of methoxy groups -OCH3 is 1. The van der Waals surface area contributed by atoms with Gasteiger partial charge in [0.2, 0.25) is 15.9 Å². The number of piperazine rings is 1. The van der Waals surface area contributed by atoms with E-state index in [4.69, 9.17) is 15.2 Å². The quantitative estimate of drug-likeness (QED) is 0.582. The predicted molar refractivity (Wildman–Crippen MR) is 102 cm³/mol. The molecular weight excluding hydrogens is 386 g/mol. The smallest absolute Gasteiger partial charge is 0.411 e. The summed E-state index contributed by atoms with van der Waals surface area (Å²) < 4.78 is 37.6. The standard InChI is InChI=1S/C17H19N5O5S/c1-26-14-9-12-11-8-10(28(24,25)22-6-4-19-5-7-22)2-3-13(11)20-15(12)16(21-14)27-17(18)23/h2-3,8-9,19-20H,4-7H2,1H3,(H2,18,23). The minimum absolute atomic E-state index is 0.0374. The fraction of sp³-hybridized carbons (Fsp3) is 0.294. The number of carbonyl (C=O) groups excluding carboxylic acids is 1. The minimum atomic E-state index is -3.62. The number of fused-ring (bicyclic) bond motifs is 3. The number of hydrogen-bond donors (Lipinski definition) is 3. The van der Waals surface area contributed by atoms with Gasteiger partial charge < -0.3 is 25.5 Å². The molecule has 3 heterocycles. The number of carbonyl (C=O) groups is 1. The lowest BCUT2D eigenvalue weighted by Gasteiger charge is -2.26. The van der Waals surface area contributed by atoms with Crippen molar-refractivity contribution in [2.45, 2.75) is 4.90 Å². The van der Waals surface area contributed by atoms with Crippen molar-refractivity contribution >= 4 is 37.9 Å². The van der Waals surface area contributed by atoms with Gasteiger partial charge in [-0.2, -0.15) is 9.29 Å². The van der Waals surface area contributed by atoms with Gasteiger partial charge in [0.05, 0.1) is 12.0 Å². The normalized spacial score (nSPS) is 15.8. The van der Waals surface area contributed by atoms with Crippen LogP contribution in [0.2, 0.25) is 0 Å². The lowest BCUT2D eigenvalue weighted by molar-refractivity contribution is 0.209. The van der Waals surface area contributed by atoms with Crippen molar-refractivity contribution in [1.82, 2.24) is 19.6 Å². The molecule has 1 aromatic carbocycles. The molecule has 0 aliphatic carbocycles. The molecule has 4 N–H and O–H groups in total. The SMILES string of the molecule is COc1cc2c([nH]c3ccc(S(=O)(=O)N4CCNCC4)cc32)c(OC(N)=O)n1. The van der Waals surface area contributed by atoms with Crippen LogP contribution in [0.25, 0.3) is 21.8 Å². The summed E-state index contributed by atoms with van der Waals surface area (Å²) >= 11 is 0. The maximum atomic E-state index is 13.0. The summed E-state index contributed by atoms with van der Waals surface area (Å²) in [5.74, 6) is 0.171. The Balaban J connectivity index is 1.89. The van der Waals surface area contributed by atoms with Gasteiger partial charge in [-0.3, -0.25) is 0 Å². The molecule has 1 fully saturated rings. The molecule has 0 spiro atoms. The van der Waals surface area contributed by atoms with Gasteiger partial charge in [0, 0.05) is 48.5 Å². The number of benzene rings is 1. The third kappa shape index (κ3) is 3.13. The Morgan fingerprint density at radius 2 is 1.96 bits per heavy atom. The van der Waals surface area contributed by atoms with Crippen LogP contribution >= 0.6 is 0 Å². The number of nitrogens with two attached hydrogens (primary N) is 1. The van der Waals surface area contributed by atoms with Crippen LogP contribution in [-0.4, -0.2) is 62.1 Å². The number of pyridine rings is 1. The number of nitrogens with one attached hydrogen (secondary N) is 2. The van der Waals surface area contributed by atoms with Crippen molar-refractivity contribution in [1.29, 1.82) is 0 Å². The molecule has 1 amide bonds. The summed E-state index contributed by atoms with van der Waals surface area (Å²) in [6, 6.07) is 6.46. The van der Waals surface area contributed by atoms with Gasteiger partial charge in [0.25, 0.3) is 5.88 Å². The fourth-order valence-corrected chi connectivity index (χ4v) is 4.76. The monoisotopic (exact) mass is 405 g/mol. The molecule has 1 saturated heterocycles. The average molecular weight is 405 g/mol. The molecule has 0 unspecified atom stereocenters. The maximum Gasteiger partial charge on any atom is 0.411 e. The van der Waals surface area contributed by atoms with Crippen molar-refractivity contribution < 1.29 is 22.7 Å². The van der Waals surface area contributed by atoms with Gasteiger partial charge in [-0.05, 0) is 18.2 Å². The van der Waals surface area contributed by atoms with E-state index in [1.54, 1.807) is 24.3 Å². The Labute approximate surface area is 160 Å². The van der Waals surface area contributed by atoms with Crippen LogP contribution in [0.3, 0.4) is 0 Å². The summed E-state index contributed by atoms with van der Waals surface area (Å²) in [5.41, 5.74) is 6.21. The Bertz CT molecular complexity index is 1170.